The fourth-order valence-electron chi connectivity index (χ4n) is 1.27. The van der Waals surface area contributed by atoms with Crippen molar-refractivity contribution in [2.75, 3.05) is 0 Å². The normalized spacial score (nSPS) is 21.4. The molecule has 0 aliphatic carbocycles. The van der Waals surface area contributed by atoms with Gasteiger partial charge in [-0.15, -0.1) is 0 Å². The van der Waals surface area contributed by atoms with Crippen LogP contribution in [0.15, 0.2) is 0 Å². The minimum atomic E-state index is -5.66. The standard InChI is InChI=1S/C10H10F12O/c11-3(7(15)9(17,18)19)1-5(13)23-6(14)2-4(12)8(16)10(20,21)22/h3-8H,1-2H2. The smallest absolute Gasteiger partial charge is 0.314 e. The van der Waals surface area contributed by atoms with Crippen molar-refractivity contribution in [2.24, 2.45) is 0 Å². The fourth-order valence-corrected chi connectivity index (χ4v) is 1.27. The van der Waals surface area contributed by atoms with E-state index in [-0.39, 0.29) is 0 Å². The highest BCUT2D eigenvalue weighted by atomic mass is 19.4. The molecule has 0 aromatic heterocycles. The van der Waals surface area contributed by atoms with E-state index < -0.39 is 62.6 Å². The summed E-state index contributed by atoms with van der Waals surface area (Å²) in [6.07, 6.45) is -36.8. The van der Waals surface area contributed by atoms with E-state index in [0.29, 0.717) is 0 Å². The molecule has 0 spiro atoms. The zero-order valence-corrected chi connectivity index (χ0v) is 10.8. The molecular weight excluding hydrogens is 364 g/mol. The first-order chi connectivity index (χ1) is 10.2. The van der Waals surface area contributed by atoms with Gasteiger partial charge < -0.3 is 4.74 Å². The van der Waals surface area contributed by atoms with Crippen LogP contribution < -0.4 is 0 Å². The van der Waals surface area contributed by atoms with Gasteiger partial charge in [0, 0.05) is 12.8 Å². The lowest BCUT2D eigenvalue weighted by Crippen LogP contribution is -2.37. The predicted molar refractivity (Wildman–Crippen MR) is 51.8 cm³/mol. The van der Waals surface area contributed by atoms with Crippen LogP contribution in [0.1, 0.15) is 12.8 Å². The van der Waals surface area contributed by atoms with Crippen molar-refractivity contribution < 1.29 is 57.4 Å². The Kier molecular flexibility index (Phi) is 7.97. The van der Waals surface area contributed by atoms with Crippen LogP contribution in [0, 0.1) is 0 Å². The lowest BCUT2D eigenvalue weighted by Gasteiger charge is -2.21. The Hall–Kier alpha value is -0.880. The second-order valence-electron chi connectivity index (χ2n) is 4.35. The number of hydrogen-bond donors (Lipinski definition) is 0. The molecule has 0 N–H and O–H groups in total. The highest BCUT2D eigenvalue weighted by Gasteiger charge is 2.48. The van der Waals surface area contributed by atoms with Crippen LogP contribution in [0.4, 0.5) is 52.7 Å². The van der Waals surface area contributed by atoms with Gasteiger partial charge in [0.25, 0.3) is 0 Å². The number of hydrogen-bond acceptors (Lipinski definition) is 1. The minimum Gasteiger partial charge on any atom is -0.314 e. The Morgan fingerprint density at radius 2 is 0.826 bits per heavy atom. The van der Waals surface area contributed by atoms with Gasteiger partial charge in [-0.2, -0.15) is 26.3 Å². The molecule has 0 bridgehead atoms. The summed E-state index contributed by atoms with van der Waals surface area (Å²) >= 11 is 0. The van der Waals surface area contributed by atoms with Crippen molar-refractivity contribution in [3.8, 4) is 0 Å². The van der Waals surface area contributed by atoms with Crippen molar-refractivity contribution in [1.29, 1.82) is 0 Å². The number of ether oxygens (including phenoxy) is 1. The Morgan fingerprint density at radius 1 is 0.565 bits per heavy atom. The lowest BCUT2D eigenvalue weighted by molar-refractivity contribution is -0.215. The average Bonchev–Trinajstić information content (AvgIpc) is 2.33. The zero-order chi connectivity index (χ0) is 18.6. The predicted octanol–water partition coefficient (Wildman–Crippen LogP) is 4.85. The van der Waals surface area contributed by atoms with Crippen LogP contribution in [-0.4, -0.2) is 49.8 Å². The summed E-state index contributed by atoms with van der Waals surface area (Å²) in [6, 6.07) is 0. The highest BCUT2D eigenvalue weighted by molar-refractivity contribution is 4.78. The van der Waals surface area contributed by atoms with Gasteiger partial charge in [-0.05, 0) is 0 Å². The molecule has 0 rings (SSSR count). The van der Waals surface area contributed by atoms with Gasteiger partial charge in [0.15, 0.2) is 0 Å². The van der Waals surface area contributed by atoms with E-state index in [1.54, 1.807) is 0 Å². The quantitative estimate of drug-likeness (QED) is 0.552. The number of rotatable bonds is 8. The molecule has 0 aliphatic rings. The third kappa shape index (κ3) is 7.97. The van der Waals surface area contributed by atoms with Crippen molar-refractivity contribution >= 4 is 0 Å². The average molecular weight is 374 g/mol. The van der Waals surface area contributed by atoms with Gasteiger partial charge in [-0.3, -0.25) is 0 Å². The Labute approximate surface area is 121 Å². The third-order valence-corrected chi connectivity index (χ3v) is 2.38. The third-order valence-electron chi connectivity index (χ3n) is 2.38. The molecule has 0 saturated heterocycles. The minimum absolute atomic E-state index is 1.95. The van der Waals surface area contributed by atoms with Gasteiger partial charge in [0.05, 0.1) is 0 Å². The summed E-state index contributed by atoms with van der Waals surface area (Å²) in [4.78, 5) is 0. The van der Waals surface area contributed by atoms with Crippen LogP contribution in [-0.2, 0) is 4.74 Å². The summed E-state index contributed by atoms with van der Waals surface area (Å²) in [5.74, 6) is 0. The first-order valence-electron chi connectivity index (χ1n) is 5.79. The maximum Gasteiger partial charge on any atom is 0.422 e. The molecule has 23 heavy (non-hydrogen) atoms. The summed E-state index contributed by atoms with van der Waals surface area (Å²) in [5, 5.41) is 0. The van der Waals surface area contributed by atoms with Crippen molar-refractivity contribution in [3.05, 3.63) is 0 Å². The molecule has 0 fully saturated rings. The second-order valence-corrected chi connectivity index (χ2v) is 4.35. The SMILES string of the molecule is FC(CC(F)C(F)C(F)(F)F)OC(F)CC(F)C(F)C(F)(F)F. The Bertz CT molecular complexity index is 310. The molecule has 0 aromatic carbocycles. The van der Waals surface area contributed by atoms with Crippen molar-refractivity contribution in [3.63, 3.8) is 0 Å². The molecule has 0 radical (unpaired) electrons. The monoisotopic (exact) mass is 374 g/mol. The van der Waals surface area contributed by atoms with E-state index in [9.17, 15) is 52.7 Å². The van der Waals surface area contributed by atoms with Crippen LogP contribution >= 0.6 is 0 Å². The maximum absolute atomic E-state index is 12.9. The van der Waals surface area contributed by atoms with Gasteiger partial charge >= 0.3 is 12.4 Å². The van der Waals surface area contributed by atoms with Crippen LogP contribution in [0.5, 0.6) is 0 Å². The summed E-state index contributed by atoms with van der Waals surface area (Å²) in [6.45, 7) is 0. The van der Waals surface area contributed by atoms with Gasteiger partial charge in [-0.1, -0.05) is 0 Å². The molecular formula is C10H10F12O. The van der Waals surface area contributed by atoms with Gasteiger partial charge in [-0.25, -0.2) is 26.3 Å². The molecule has 1 nitrogen and oxygen atoms in total. The fraction of sp³-hybridized carbons (Fsp3) is 1.00. The molecule has 6 atom stereocenters. The molecule has 0 aliphatic heterocycles. The first kappa shape index (κ1) is 22.1. The Morgan fingerprint density at radius 3 is 1.04 bits per heavy atom. The van der Waals surface area contributed by atoms with E-state index in [1.807, 2.05) is 0 Å². The van der Waals surface area contributed by atoms with Crippen LogP contribution in [0.25, 0.3) is 0 Å². The molecule has 0 amide bonds. The molecule has 0 saturated carbocycles. The first-order valence-corrected chi connectivity index (χ1v) is 5.79. The molecule has 6 unspecified atom stereocenters. The van der Waals surface area contributed by atoms with Gasteiger partial charge in [0.1, 0.15) is 12.3 Å². The van der Waals surface area contributed by atoms with Crippen molar-refractivity contribution in [1.82, 2.24) is 0 Å². The highest BCUT2D eigenvalue weighted by Crippen LogP contribution is 2.31. The molecule has 0 aromatic rings. The van der Waals surface area contributed by atoms with E-state index in [0.717, 1.165) is 0 Å². The largest absolute Gasteiger partial charge is 0.422 e. The molecule has 140 valence electrons. The number of alkyl halides is 12. The van der Waals surface area contributed by atoms with E-state index in [1.165, 1.54) is 0 Å². The van der Waals surface area contributed by atoms with E-state index in [2.05, 4.69) is 4.74 Å². The zero-order valence-electron chi connectivity index (χ0n) is 10.8. The van der Waals surface area contributed by atoms with E-state index >= 15 is 0 Å². The molecule has 13 heteroatoms. The number of halogens is 12. The summed E-state index contributed by atoms with van der Waals surface area (Å²) in [7, 11) is 0. The Balaban J connectivity index is 4.38. The summed E-state index contributed by atoms with van der Waals surface area (Å²) in [5.41, 5.74) is 0. The lowest BCUT2D eigenvalue weighted by atomic mass is 10.1. The topological polar surface area (TPSA) is 9.23 Å². The van der Waals surface area contributed by atoms with Gasteiger partial charge in [0.2, 0.25) is 25.1 Å². The molecule has 0 heterocycles. The summed E-state index contributed by atoms with van der Waals surface area (Å²) < 4.78 is 150. The van der Waals surface area contributed by atoms with Crippen LogP contribution in [0.3, 0.4) is 0 Å². The maximum atomic E-state index is 12.9. The van der Waals surface area contributed by atoms with Crippen molar-refractivity contribution in [2.45, 2.75) is 62.6 Å². The van der Waals surface area contributed by atoms with E-state index in [4.69, 9.17) is 0 Å². The second kappa shape index (κ2) is 8.29. The van der Waals surface area contributed by atoms with Crippen LogP contribution in [0.2, 0.25) is 0 Å².